The molecule has 1 aliphatic rings. The summed E-state index contributed by atoms with van der Waals surface area (Å²) < 4.78 is 0. The Bertz CT molecular complexity index is 144. The zero-order chi connectivity index (χ0) is 10.4. The second-order valence-corrected chi connectivity index (χ2v) is 9.18. The monoisotopic (exact) mass is 229 g/mol. The molecule has 1 atom stereocenters. The molecule has 3 heteroatoms. The van der Waals surface area contributed by atoms with Crippen molar-refractivity contribution in [2.45, 2.75) is 69.6 Å². The van der Waals surface area contributed by atoms with Crippen molar-refractivity contribution in [1.82, 2.24) is 4.98 Å². The third kappa shape index (κ3) is 4.28. The minimum absolute atomic E-state index is 0.588. The van der Waals surface area contributed by atoms with Gasteiger partial charge in [0.25, 0.3) is 0 Å². The fraction of sp³-hybridized carbons (Fsp3) is 1.00. The topological polar surface area (TPSA) is 12.0 Å². The van der Waals surface area contributed by atoms with Gasteiger partial charge in [0.2, 0.25) is 0 Å². The second kappa shape index (κ2) is 6.80. The molecule has 14 heavy (non-hydrogen) atoms. The van der Waals surface area contributed by atoms with Gasteiger partial charge in [-0.1, -0.05) is 58.0 Å². The number of nitrogens with one attached hydrogen (secondary N) is 1. The molecule has 1 aliphatic carbocycles. The molecule has 1 saturated carbocycles. The van der Waals surface area contributed by atoms with Gasteiger partial charge in [0, 0.05) is 10.2 Å². The molecule has 0 bridgehead atoms. The van der Waals surface area contributed by atoms with Gasteiger partial charge in [0.15, 0.2) is 0 Å². The molecular formula is C11H27NSi2. The Kier molecular flexibility index (Phi) is 6.05. The lowest BCUT2D eigenvalue weighted by Crippen LogP contribution is -2.42. The largest absolute Gasteiger partial charge is 0.337 e. The van der Waals surface area contributed by atoms with Crippen LogP contribution in [0, 0.1) is 0 Å². The van der Waals surface area contributed by atoms with Gasteiger partial charge in [-0.25, -0.2) is 0 Å². The average molecular weight is 230 g/mol. The maximum Gasteiger partial charge on any atom is 0.111 e. The molecule has 1 N–H and O–H groups in total. The number of hydrogen-bond acceptors (Lipinski definition) is 1. The SMILES string of the molecule is CC(C)N[SiH](CC[SiH3])C1CCCCC1. The first-order valence-corrected chi connectivity index (χ1v) is 9.97. The summed E-state index contributed by atoms with van der Waals surface area (Å²) in [7, 11) is 0.814. The van der Waals surface area contributed by atoms with E-state index in [2.05, 4.69) is 18.8 Å². The lowest BCUT2D eigenvalue weighted by Gasteiger charge is -2.31. The highest BCUT2D eigenvalue weighted by Gasteiger charge is 2.24. The van der Waals surface area contributed by atoms with Crippen LogP contribution in [-0.2, 0) is 0 Å². The summed E-state index contributed by atoms with van der Waals surface area (Å²) >= 11 is 0. The van der Waals surface area contributed by atoms with Gasteiger partial charge < -0.3 is 4.98 Å². The van der Waals surface area contributed by atoms with Crippen molar-refractivity contribution >= 4 is 19.2 Å². The highest BCUT2D eigenvalue weighted by molar-refractivity contribution is 6.58. The van der Waals surface area contributed by atoms with E-state index in [1.165, 1.54) is 48.4 Å². The first-order valence-electron chi connectivity index (χ1n) is 6.50. The van der Waals surface area contributed by atoms with E-state index in [0.29, 0.717) is 0 Å². The standard InChI is InChI=1S/C11H27NSi2/c1-10(2)12-14(9-8-13)11-6-4-3-5-7-11/h10-12,14H,3-9H2,1-2,13H3. The molecule has 1 rings (SSSR count). The third-order valence-electron chi connectivity index (χ3n) is 3.37. The van der Waals surface area contributed by atoms with Crippen molar-refractivity contribution in [2.24, 2.45) is 0 Å². The van der Waals surface area contributed by atoms with E-state index in [-0.39, 0.29) is 0 Å². The molecule has 0 heterocycles. The maximum absolute atomic E-state index is 3.91. The van der Waals surface area contributed by atoms with Crippen LogP contribution in [0.5, 0.6) is 0 Å². The van der Waals surface area contributed by atoms with E-state index >= 15 is 0 Å². The summed E-state index contributed by atoms with van der Waals surface area (Å²) in [5.41, 5.74) is 1.13. The highest BCUT2D eigenvalue weighted by atomic mass is 28.3. The van der Waals surface area contributed by atoms with Crippen LogP contribution in [-0.4, -0.2) is 25.2 Å². The normalized spacial score (nSPS) is 21.6. The maximum atomic E-state index is 3.91. The predicted octanol–water partition coefficient (Wildman–Crippen LogP) is 1.83. The summed E-state index contributed by atoms with van der Waals surface area (Å²) in [4.78, 5) is 3.91. The van der Waals surface area contributed by atoms with Gasteiger partial charge in [0.1, 0.15) is 8.96 Å². The molecule has 0 aromatic heterocycles. The molecule has 0 aliphatic heterocycles. The van der Waals surface area contributed by atoms with Crippen LogP contribution in [0.2, 0.25) is 17.6 Å². The van der Waals surface area contributed by atoms with Crippen LogP contribution >= 0.6 is 0 Å². The first-order chi connectivity index (χ1) is 6.74. The summed E-state index contributed by atoms with van der Waals surface area (Å²) in [5.74, 6) is 0. The van der Waals surface area contributed by atoms with Crippen LogP contribution in [0.1, 0.15) is 46.0 Å². The van der Waals surface area contributed by atoms with Crippen LogP contribution in [0.3, 0.4) is 0 Å². The van der Waals surface area contributed by atoms with E-state index in [0.717, 1.165) is 11.6 Å². The van der Waals surface area contributed by atoms with Crippen molar-refractivity contribution in [3.8, 4) is 0 Å². The Balaban J connectivity index is 2.38. The van der Waals surface area contributed by atoms with Gasteiger partial charge in [-0.2, -0.15) is 0 Å². The molecular weight excluding hydrogens is 202 g/mol. The molecule has 0 aromatic carbocycles. The van der Waals surface area contributed by atoms with Crippen LogP contribution in [0.4, 0.5) is 0 Å². The van der Waals surface area contributed by atoms with E-state index in [1.54, 1.807) is 6.04 Å². The fourth-order valence-corrected chi connectivity index (χ4v) is 8.26. The minimum atomic E-state index is -0.588. The van der Waals surface area contributed by atoms with Gasteiger partial charge in [-0.3, -0.25) is 0 Å². The minimum Gasteiger partial charge on any atom is -0.337 e. The molecule has 84 valence electrons. The molecule has 0 spiro atoms. The van der Waals surface area contributed by atoms with Crippen molar-refractivity contribution in [2.75, 3.05) is 0 Å². The Labute approximate surface area is 94.2 Å². The van der Waals surface area contributed by atoms with Crippen LogP contribution in [0.25, 0.3) is 0 Å². The summed E-state index contributed by atoms with van der Waals surface area (Å²) in [5, 5.41) is 0. The molecule has 0 saturated heterocycles. The lowest BCUT2D eigenvalue weighted by molar-refractivity contribution is 0.488. The third-order valence-corrected chi connectivity index (χ3v) is 9.20. The summed E-state index contributed by atoms with van der Waals surface area (Å²) in [6.07, 6.45) is 7.60. The van der Waals surface area contributed by atoms with Crippen LogP contribution in [0.15, 0.2) is 0 Å². The zero-order valence-corrected chi connectivity index (χ0v) is 13.3. The van der Waals surface area contributed by atoms with Crippen molar-refractivity contribution in [1.29, 1.82) is 0 Å². The zero-order valence-electron chi connectivity index (χ0n) is 10.2. The molecule has 0 aromatic rings. The molecule has 0 amide bonds. The summed E-state index contributed by atoms with van der Waals surface area (Å²) in [6.45, 7) is 4.63. The quantitative estimate of drug-likeness (QED) is 0.709. The van der Waals surface area contributed by atoms with Crippen molar-refractivity contribution < 1.29 is 0 Å². The first kappa shape index (κ1) is 12.5. The average Bonchev–Trinajstić information content (AvgIpc) is 2.18. The van der Waals surface area contributed by atoms with Gasteiger partial charge in [-0.05, 0) is 11.6 Å². The van der Waals surface area contributed by atoms with Gasteiger partial charge >= 0.3 is 0 Å². The van der Waals surface area contributed by atoms with E-state index in [4.69, 9.17) is 0 Å². The van der Waals surface area contributed by atoms with E-state index in [1.807, 2.05) is 0 Å². The van der Waals surface area contributed by atoms with E-state index in [9.17, 15) is 0 Å². The van der Waals surface area contributed by atoms with E-state index < -0.39 is 8.96 Å². The Morgan fingerprint density at radius 2 is 1.93 bits per heavy atom. The van der Waals surface area contributed by atoms with Gasteiger partial charge in [0.05, 0.1) is 0 Å². The Hall–Kier alpha value is 0.394. The lowest BCUT2D eigenvalue weighted by atomic mass is 10.0. The fourth-order valence-electron chi connectivity index (χ4n) is 2.73. The number of rotatable bonds is 5. The second-order valence-electron chi connectivity index (χ2n) is 5.11. The Morgan fingerprint density at radius 3 is 2.43 bits per heavy atom. The van der Waals surface area contributed by atoms with Crippen LogP contribution < -0.4 is 4.98 Å². The van der Waals surface area contributed by atoms with Crippen molar-refractivity contribution in [3.63, 3.8) is 0 Å². The van der Waals surface area contributed by atoms with Crippen molar-refractivity contribution in [3.05, 3.63) is 0 Å². The predicted molar refractivity (Wildman–Crippen MR) is 71.8 cm³/mol. The molecule has 1 unspecified atom stereocenters. The highest BCUT2D eigenvalue weighted by Crippen LogP contribution is 2.32. The Morgan fingerprint density at radius 1 is 1.29 bits per heavy atom. The summed E-state index contributed by atoms with van der Waals surface area (Å²) in [6, 6.07) is 3.81. The number of hydrogen-bond donors (Lipinski definition) is 1. The molecule has 0 radical (unpaired) electrons. The smallest absolute Gasteiger partial charge is 0.111 e. The molecule has 1 fully saturated rings. The molecule has 1 nitrogen and oxygen atoms in total. The van der Waals surface area contributed by atoms with Gasteiger partial charge in [-0.15, -0.1) is 0 Å².